The number of hydrogen-bond acceptors (Lipinski definition) is 3. The third-order valence-corrected chi connectivity index (χ3v) is 6.16. The standard InChI is InChI=1S/C18H18F3N3O2S/c1-3-24-15-10-6-5-9-14(15)22-17(24)12-23(2)27(25,26)16-11-7-4-8-13(16)18(19,20)21/h4-11H,3,12H2,1-2H3. The van der Waals surface area contributed by atoms with Gasteiger partial charge in [-0.05, 0) is 31.2 Å². The number of imidazole rings is 1. The van der Waals surface area contributed by atoms with E-state index in [0.29, 0.717) is 17.9 Å². The second kappa shape index (κ2) is 6.97. The molecule has 0 radical (unpaired) electrons. The molecular weight excluding hydrogens is 379 g/mol. The fourth-order valence-corrected chi connectivity index (χ4v) is 4.31. The maximum atomic E-state index is 13.2. The van der Waals surface area contributed by atoms with Crippen LogP contribution in [0.5, 0.6) is 0 Å². The van der Waals surface area contributed by atoms with Gasteiger partial charge in [-0.25, -0.2) is 13.4 Å². The van der Waals surface area contributed by atoms with Gasteiger partial charge in [0.05, 0.1) is 28.0 Å². The molecule has 144 valence electrons. The lowest BCUT2D eigenvalue weighted by Gasteiger charge is -2.20. The topological polar surface area (TPSA) is 55.2 Å². The van der Waals surface area contributed by atoms with Crippen LogP contribution in [0.1, 0.15) is 18.3 Å². The number of benzene rings is 2. The van der Waals surface area contributed by atoms with E-state index in [1.54, 1.807) is 6.07 Å². The molecule has 9 heteroatoms. The SMILES string of the molecule is CCn1c(CN(C)S(=O)(=O)c2ccccc2C(F)(F)F)nc2ccccc21. The van der Waals surface area contributed by atoms with Crippen molar-refractivity contribution in [2.24, 2.45) is 0 Å². The molecule has 0 aliphatic heterocycles. The van der Waals surface area contributed by atoms with Crippen molar-refractivity contribution < 1.29 is 21.6 Å². The minimum atomic E-state index is -4.76. The predicted octanol–water partition coefficient (Wildman–Crippen LogP) is 3.90. The average molecular weight is 397 g/mol. The maximum absolute atomic E-state index is 13.2. The van der Waals surface area contributed by atoms with E-state index in [2.05, 4.69) is 4.98 Å². The summed E-state index contributed by atoms with van der Waals surface area (Å²) in [5.41, 5.74) is 0.369. The van der Waals surface area contributed by atoms with Crippen LogP contribution in [0.25, 0.3) is 11.0 Å². The number of nitrogens with zero attached hydrogens (tertiary/aromatic N) is 3. The van der Waals surface area contributed by atoms with Crippen LogP contribution in [-0.4, -0.2) is 29.3 Å². The van der Waals surface area contributed by atoms with Crippen LogP contribution in [0, 0.1) is 0 Å². The van der Waals surface area contributed by atoms with Gasteiger partial charge in [0.1, 0.15) is 5.82 Å². The Kier molecular flexibility index (Phi) is 5.00. The van der Waals surface area contributed by atoms with E-state index in [0.717, 1.165) is 22.0 Å². The Morgan fingerprint density at radius 2 is 1.70 bits per heavy atom. The molecule has 2 aromatic carbocycles. The Labute approximate surface area is 155 Å². The molecule has 0 bridgehead atoms. The molecule has 5 nitrogen and oxygen atoms in total. The van der Waals surface area contributed by atoms with Crippen molar-refractivity contribution >= 4 is 21.1 Å². The average Bonchev–Trinajstić information content (AvgIpc) is 2.97. The zero-order valence-electron chi connectivity index (χ0n) is 14.7. The largest absolute Gasteiger partial charge is 0.417 e. The minimum absolute atomic E-state index is 0.142. The summed E-state index contributed by atoms with van der Waals surface area (Å²) in [6.45, 7) is 2.31. The fourth-order valence-electron chi connectivity index (χ4n) is 2.98. The molecule has 3 aromatic rings. The van der Waals surface area contributed by atoms with Gasteiger partial charge in [-0.3, -0.25) is 0 Å². The van der Waals surface area contributed by atoms with Crippen molar-refractivity contribution in [1.29, 1.82) is 0 Å². The molecule has 0 aliphatic rings. The van der Waals surface area contributed by atoms with E-state index in [4.69, 9.17) is 0 Å². The second-order valence-corrected chi connectivity index (χ2v) is 8.03. The Hall–Kier alpha value is -2.39. The number of sulfonamides is 1. The minimum Gasteiger partial charge on any atom is -0.327 e. The maximum Gasteiger partial charge on any atom is 0.417 e. The molecule has 0 aliphatic carbocycles. The van der Waals surface area contributed by atoms with Gasteiger partial charge >= 0.3 is 6.18 Å². The summed E-state index contributed by atoms with van der Waals surface area (Å²) in [7, 11) is -3.10. The lowest BCUT2D eigenvalue weighted by atomic mass is 10.2. The number of halogens is 3. The fraction of sp³-hybridized carbons (Fsp3) is 0.278. The highest BCUT2D eigenvalue weighted by Crippen LogP contribution is 2.35. The molecule has 0 amide bonds. The zero-order valence-corrected chi connectivity index (χ0v) is 15.5. The van der Waals surface area contributed by atoms with E-state index in [-0.39, 0.29) is 6.54 Å². The summed E-state index contributed by atoms with van der Waals surface area (Å²) >= 11 is 0. The van der Waals surface area contributed by atoms with Crippen molar-refractivity contribution in [3.63, 3.8) is 0 Å². The highest BCUT2D eigenvalue weighted by molar-refractivity contribution is 7.89. The highest BCUT2D eigenvalue weighted by atomic mass is 32.2. The molecule has 0 unspecified atom stereocenters. The van der Waals surface area contributed by atoms with Crippen LogP contribution in [0.15, 0.2) is 53.4 Å². The third-order valence-electron chi connectivity index (χ3n) is 4.29. The predicted molar refractivity (Wildman–Crippen MR) is 95.5 cm³/mol. The van der Waals surface area contributed by atoms with Gasteiger partial charge in [-0.2, -0.15) is 17.5 Å². The van der Waals surface area contributed by atoms with Gasteiger partial charge in [0, 0.05) is 13.6 Å². The molecule has 0 N–H and O–H groups in total. The summed E-state index contributed by atoms with van der Waals surface area (Å²) in [6, 6.07) is 11.5. The van der Waals surface area contributed by atoms with Crippen molar-refractivity contribution in [2.45, 2.75) is 31.1 Å². The molecule has 0 fully saturated rings. The number of rotatable bonds is 5. The van der Waals surface area contributed by atoms with Crippen LogP contribution >= 0.6 is 0 Å². The first kappa shape index (κ1) is 19.4. The molecule has 0 saturated carbocycles. The molecule has 0 spiro atoms. The quantitative estimate of drug-likeness (QED) is 0.656. The van der Waals surface area contributed by atoms with Gasteiger partial charge < -0.3 is 4.57 Å². The van der Waals surface area contributed by atoms with Gasteiger partial charge in [0.25, 0.3) is 0 Å². The van der Waals surface area contributed by atoms with E-state index in [9.17, 15) is 21.6 Å². The van der Waals surface area contributed by atoms with Crippen molar-refractivity contribution in [3.8, 4) is 0 Å². The van der Waals surface area contributed by atoms with Crippen LogP contribution < -0.4 is 0 Å². The molecule has 0 saturated heterocycles. The Balaban J connectivity index is 2.01. The van der Waals surface area contributed by atoms with E-state index in [1.165, 1.54) is 19.2 Å². The number of hydrogen-bond donors (Lipinski definition) is 0. The molecule has 0 atom stereocenters. The van der Waals surface area contributed by atoms with Crippen LogP contribution in [0.3, 0.4) is 0 Å². The first-order valence-corrected chi connectivity index (χ1v) is 9.67. The molecule has 1 heterocycles. The Bertz CT molecular complexity index is 1070. The number of aryl methyl sites for hydroxylation is 1. The smallest absolute Gasteiger partial charge is 0.327 e. The van der Waals surface area contributed by atoms with Crippen molar-refractivity contribution in [2.75, 3.05) is 7.05 Å². The number of alkyl halides is 3. The molecule has 1 aromatic heterocycles. The summed E-state index contributed by atoms with van der Waals surface area (Å²) in [6.07, 6.45) is -4.76. The molecule has 27 heavy (non-hydrogen) atoms. The van der Waals surface area contributed by atoms with Gasteiger partial charge in [0.15, 0.2) is 0 Å². The zero-order chi connectivity index (χ0) is 19.8. The summed E-state index contributed by atoms with van der Waals surface area (Å²) in [5, 5.41) is 0. The molecular formula is C18H18F3N3O2S. The van der Waals surface area contributed by atoms with Crippen LogP contribution in [0.4, 0.5) is 13.2 Å². The van der Waals surface area contributed by atoms with Crippen molar-refractivity contribution in [3.05, 3.63) is 59.9 Å². The van der Waals surface area contributed by atoms with Gasteiger partial charge in [-0.15, -0.1) is 0 Å². The Morgan fingerprint density at radius 1 is 1.07 bits per heavy atom. The van der Waals surface area contributed by atoms with Crippen molar-refractivity contribution in [1.82, 2.24) is 13.9 Å². The highest BCUT2D eigenvalue weighted by Gasteiger charge is 2.38. The first-order chi connectivity index (χ1) is 12.7. The summed E-state index contributed by atoms with van der Waals surface area (Å²) < 4.78 is 68.0. The van der Waals surface area contributed by atoms with Crippen LogP contribution in [-0.2, 0) is 29.3 Å². The number of fused-ring (bicyclic) bond motifs is 1. The summed E-state index contributed by atoms with van der Waals surface area (Å²) in [4.78, 5) is 3.67. The number of para-hydroxylation sites is 2. The first-order valence-electron chi connectivity index (χ1n) is 8.23. The van der Waals surface area contributed by atoms with Gasteiger partial charge in [-0.1, -0.05) is 24.3 Å². The lowest BCUT2D eigenvalue weighted by Crippen LogP contribution is -2.29. The summed E-state index contributed by atoms with van der Waals surface area (Å²) in [5.74, 6) is 0.467. The van der Waals surface area contributed by atoms with E-state index >= 15 is 0 Å². The third kappa shape index (κ3) is 3.57. The second-order valence-electron chi connectivity index (χ2n) is 6.02. The number of aromatic nitrogens is 2. The van der Waals surface area contributed by atoms with E-state index < -0.39 is 26.7 Å². The van der Waals surface area contributed by atoms with Crippen LogP contribution in [0.2, 0.25) is 0 Å². The van der Waals surface area contributed by atoms with Gasteiger partial charge in [0.2, 0.25) is 10.0 Å². The monoisotopic (exact) mass is 397 g/mol. The Morgan fingerprint density at radius 3 is 2.37 bits per heavy atom. The molecule has 3 rings (SSSR count). The van der Waals surface area contributed by atoms with E-state index in [1.807, 2.05) is 29.7 Å². The normalized spacial score (nSPS) is 12.8. The lowest BCUT2D eigenvalue weighted by molar-refractivity contribution is -0.139.